The van der Waals surface area contributed by atoms with Gasteiger partial charge in [0, 0.05) is 49.9 Å². The van der Waals surface area contributed by atoms with Crippen LogP contribution < -0.4 is 14.4 Å². The van der Waals surface area contributed by atoms with Gasteiger partial charge in [-0.3, -0.25) is 19.7 Å². The first kappa shape index (κ1) is 33.4. The van der Waals surface area contributed by atoms with Gasteiger partial charge in [0.15, 0.2) is 11.6 Å². The van der Waals surface area contributed by atoms with Gasteiger partial charge in [-0.1, -0.05) is 73.9 Å². The van der Waals surface area contributed by atoms with E-state index in [1.54, 1.807) is 0 Å². The highest BCUT2D eigenvalue weighted by Gasteiger charge is 2.25. The summed E-state index contributed by atoms with van der Waals surface area (Å²) in [6.45, 7) is 4.70. The first-order valence-corrected chi connectivity index (χ1v) is 18.6. The molecular formula is C38H40N6O5S. The average Bonchev–Trinajstić information content (AvgIpc) is 3.15. The fourth-order valence-corrected chi connectivity index (χ4v) is 8.01. The Balaban J connectivity index is 1.02. The number of anilines is 2. The molecule has 5 aromatic rings. The maximum atomic E-state index is 13.5. The molecule has 7 rings (SSSR count). The van der Waals surface area contributed by atoms with Gasteiger partial charge < -0.3 is 9.64 Å². The fraction of sp³-hybridized carbons (Fsp3) is 0.316. The van der Waals surface area contributed by atoms with Gasteiger partial charge in [-0.25, -0.2) is 18.4 Å². The number of nitrogens with one attached hydrogen (secondary N) is 1. The third-order valence-corrected chi connectivity index (χ3v) is 11.1. The zero-order valence-electron chi connectivity index (χ0n) is 27.8. The molecule has 1 aliphatic carbocycles. The molecule has 11 nitrogen and oxygen atoms in total. The second-order valence-electron chi connectivity index (χ2n) is 13.0. The van der Waals surface area contributed by atoms with E-state index < -0.39 is 14.9 Å². The summed E-state index contributed by atoms with van der Waals surface area (Å²) < 4.78 is 35.3. The molecule has 1 aliphatic heterocycles. The van der Waals surface area contributed by atoms with E-state index in [0.717, 1.165) is 70.2 Å². The number of rotatable bonds is 11. The van der Waals surface area contributed by atoms with Crippen LogP contribution >= 0.6 is 0 Å². The third-order valence-electron chi connectivity index (χ3n) is 9.72. The predicted molar refractivity (Wildman–Crippen MR) is 195 cm³/mol. The molecule has 0 radical (unpaired) electrons. The maximum Gasteiger partial charge on any atom is 0.312 e. The molecule has 2 aliphatic rings. The van der Waals surface area contributed by atoms with Crippen LogP contribution in [-0.4, -0.2) is 61.0 Å². The molecule has 0 atom stereocenters. The van der Waals surface area contributed by atoms with E-state index in [2.05, 4.69) is 73.0 Å². The number of fused-ring (bicyclic) bond motifs is 1. The molecule has 1 aromatic heterocycles. The molecule has 4 aromatic carbocycles. The van der Waals surface area contributed by atoms with Crippen molar-refractivity contribution in [2.45, 2.75) is 43.5 Å². The second kappa shape index (κ2) is 14.8. The highest BCUT2D eigenvalue weighted by atomic mass is 32.2. The predicted octanol–water partition coefficient (Wildman–Crippen LogP) is 7.29. The summed E-state index contributed by atoms with van der Waals surface area (Å²) in [4.78, 5) is 24.5. The Morgan fingerprint density at radius 3 is 2.40 bits per heavy atom. The molecule has 2 fully saturated rings. The minimum absolute atomic E-state index is 0.0670. The normalized spacial score (nSPS) is 16.0. The number of sulfonamides is 1. The number of nitrogens with zero attached hydrogens (tertiary/aromatic N) is 5. The molecule has 1 saturated heterocycles. The third kappa shape index (κ3) is 7.56. The number of hydrogen-bond acceptors (Lipinski definition) is 9. The number of nitro groups is 1. The van der Waals surface area contributed by atoms with E-state index in [1.165, 1.54) is 41.6 Å². The molecule has 0 amide bonds. The van der Waals surface area contributed by atoms with Gasteiger partial charge in [-0.2, -0.15) is 0 Å². The lowest BCUT2D eigenvalue weighted by Gasteiger charge is -2.36. The van der Waals surface area contributed by atoms with Crippen LogP contribution in [0.25, 0.3) is 22.0 Å². The number of hydrogen-bond donors (Lipinski definition) is 1. The number of nitro benzene ring substituents is 1. The van der Waals surface area contributed by atoms with Crippen LogP contribution in [0, 0.1) is 16.0 Å². The number of benzene rings is 4. The molecule has 1 saturated carbocycles. The molecular weight excluding hydrogens is 653 g/mol. The Hall–Kier alpha value is -5.07. The van der Waals surface area contributed by atoms with Crippen LogP contribution in [0.5, 0.6) is 5.75 Å². The van der Waals surface area contributed by atoms with Crippen molar-refractivity contribution in [3.8, 4) is 16.9 Å². The summed E-state index contributed by atoms with van der Waals surface area (Å²) >= 11 is 0. The quantitative estimate of drug-likeness (QED) is 0.112. The van der Waals surface area contributed by atoms with Gasteiger partial charge in [0.2, 0.25) is 0 Å². The van der Waals surface area contributed by atoms with Gasteiger partial charge in [0.1, 0.15) is 6.33 Å². The van der Waals surface area contributed by atoms with Gasteiger partial charge in [-0.05, 0) is 65.8 Å². The van der Waals surface area contributed by atoms with Crippen molar-refractivity contribution in [1.29, 1.82) is 0 Å². The van der Waals surface area contributed by atoms with Crippen molar-refractivity contribution < 1.29 is 18.1 Å². The number of ether oxygens (including phenoxy) is 1. The molecule has 0 bridgehead atoms. The maximum absolute atomic E-state index is 13.5. The molecule has 258 valence electrons. The Bertz CT molecular complexity index is 2080. The van der Waals surface area contributed by atoms with Crippen molar-refractivity contribution in [1.82, 2.24) is 14.9 Å². The molecule has 0 spiro atoms. The number of piperazine rings is 1. The van der Waals surface area contributed by atoms with Crippen molar-refractivity contribution >= 4 is 38.1 Å². The SMILES string of the molecule is O=[N+]([O-])c1cc(S(=O)(=O)Nc2ncnc3cc(N4CCN(Cc5ccccc5-c5ccccc5)CC4)ccc23)ccc1OCC1CCCCC1. The highest BCUT2D eigenvalue weighted by Crippen LogP contribution is 2.34. The van der Waals surface area contributed by atoms with Crippen LogP contribution in [0.2, 0.25) is 0 Å². The van der Waals surface area contributed by atoms with Crippen LogP contribution in [0.1, 0.15) is 37.7 Å². The number of aromatic nitrogens is 2. The van der Waals surface area contributed by atoms with Crippen LogP contribution in [-0.2, 0) is 16.6 Å². The summed E-state index contributed by atoms with van der Waals surface area (Å²) in [6.07, 6.45) is 6.82. The van der Waals surface area contributed by atoms with Crippen molar-refractivity contribution in [3.63, 3.8) is 0 Å². The largest absolute Gasteiger partial charge is 0.487 e. The van der Waals surface area contributed by atoms with Crippen LogP contribution in [0.15, 0.2) is 102 Å². The minimum Gasteiger partial charge on any atom is -0.487 e. The molecule has 0 unspecified atom stereocenters. The first-order chi connectivity index (χ1) is 24.3. The van der Waals surface area contributed by atoms with Gasteiger partial charge in [0.25, 0.3) is 10.0 Å². The van der Waals surface area contributed by atoms with Crippen LogP contribution in [0.4, 0.5) is 17.2 Å². The van der Waals surface area contributed by atoms with Crippen molar-refractivity contribution in [2.75, 3.05) is 42.4 Å². The summed E-state index contributed by atoms with van der Waals surface area (Å²) in [5.41, 5.74) is 4.97. The minimum atomic E-state index is -4.21. The fourth-order valence-electron chi connectivity index (χ4n) is 6.96. The summed E-state index contributed by atoms with van der Waals surface area (Å²) in [5.74, 6) is 0.513. The van der Waals surface area contributed by atoms with E-state index in [0.29, 0.717) is 23.4 Å². The Morgan fingerprint density at radius 1 is 0.860 bits per heavy atom. The summed E-state index contributed by atoms with van der Waals surface area (Å²) in [6, 6.07) is 28.5. The Kier molecular flexibility index (Phi) is 9.90. The standard InChI is InChI=1S/C38H40N6O5S/c45-44(46)36-24-32(16-18-37(36)49-26-28-9-3-1-4-10-28)50(47,48)41-38-34-17-15-31(23-35(34)39-27-40-38)43-21-19-42(20-22-43)25-30-13-7-8-14-33(30)29-11-5-2-6-12-29/h2,5-8,11-18,23-24,27-28H,1,3-4,9-10,19-22,25-26H2,(H,39,40,41). The Labute approximate surface area is 292 Å². The topological polar surface area (TPSA) is 131 Å². The smallest absolute Gasteiger partial charge is 0.312 e. The van der Waals surface area contributed by atoms with Gasteiger partial charge in [-0.15, -0.1) is 0 Å². The molecule has 50 heavy (non-hydrogen) atoms. The second-order valence-corrected chi connectivity index (χ2v) is 14.7. The lowest BCUT2D eigenvalue weighted by molar-refractivity contribution is -0.386. The Morgan fingerprint density at radius 2 is 1.62 bits per heavy atom. The van der Waals surface area contributed by atoms with Crippen molar-refractivity contribution in [2.24, 2.45) is 5.92 Å². The zero-order valence-corrected chi connectivity index (χ0v) is 28.6. The van der Waals surface area contributed by atoms with E-state index in [-0.39, 0.29) is 22.2 Å². The van der Waals surface area contributed by atoms with Crippen LogP contribution in [0.3, 0.4) is 0 Å². The summed E-state index contributed by atoms with van der Waals surface area (Å²) in [5, 5.41) is 12.4. The zero-order chi connectivity index (χ0) is 34.5. The summed E-state index contributed by atoms with van der Waals surface area (Å²) in [7, 11) is -4.21. The lowest BCUT2D eigenvalue weighted by Crippen LogP contribution is -2.46. The molecule has 1 N–H and O–H groups in total. The van der Waals surface area contributed by atoms with E-state index in [4.69, 9.17) is 4.74 Å². The monoisotopic (exact) mass is 692 g/mol. The average molecular weight is 693 g/mol. The van der Waals surface area contributed by atoms with Gasteiger partial charge in [0.05, 0.1) is 21.9 Å². The van der Waals surface area contributed by atoms with E-state index >= 15 is 0 Å². The molecule has 2 heterocycles. The van der Waals surface area contributed by atoms with E-state index in [9.17, 15) is 18.5 Å². The van der Waals surface area contributed by atoms with E-state index in [1.807, 2.05) is 24.3 Å². The lowest BCUT2D eigenvalue weighted by atomic mass is 9.90. The highest BCUT2D eigenvalue weighted by molar-refractivity contribution is 7.92. The van der Waals surface area contributed by atoms with Gasteiger partial charge >= 0.3 is 5.69 Å². The van der Waals surface area contributed by atoms with Crippen molar-refractivity contribution in [3.05, 3.63) is 113 Å². The first-order valence-electron chi connectivity index (χ1n) is 17.1. The molecule has 12 heteroatoms.